The van der Waals surface area contributed by atoms with Crippen molar-refractivity contribution in [2.45, 2.75) is 44.1 Å². The van der Waals surface area contributed by atoms with Crippen LogP contribution in [0.2, 0.25) is 0 Å². The molecule has 0 spiro atoms. The summed E-state index contributed by atoms with van der Waals surface area (Å²) < 4.78 is 48.4. The molecule has 180 valence electrons. The Hall–Kier alpha value is -2.11. The molecule has 4 rings (SSSR count). The summed E-state index contributed by atoms with van der Waals surface area (Å²) in [6.07, 6.45) is -0.476. The Bertz CT molecular complexity index is 751. The highest BCUT2D eigenvalue weighted by atomic mass is 19.4. The van der Waals surface area contributed by atoms with Crippen LogP contribution in [-0.4, -0.2) is 85.1 Å². The molecule has 3 aliphatic rings. The van der Waals surface area contributed by atoms with Gasteiger partial charge in [0.25, 0.3) is 0 Å². The van der Waals surface area contributed by atoms with Gasteiger partial charge < -0.3 is 23.9 Å². The highest BCUT2D eigenvalue weighted by molar-refractivity contribution is 5.79. The average Bonchev–Trinajstić information content (AvgIpc) is 3.43. The van der Waals surface area contributed by atoms with E-state index in [1.54, 1.807) is 13.4 Å². The molecule has 4 heterocycles. The Labute approximate surface area is 184 Å². The van der Waals surface area contributed by atoms with Gasteiger partial charge in [0.1, 0.15) is 5.76 Å². The maximum Gasteiger partial charge on any atom is 0.490 e. The maximum absolute atomic E-state index is 13.1. The van der Waals surface area contributed by atoms with E-state index in [2.05, 4.69) is 9.80 Å². The number of likely N-dealkylation sites (tertiary alicyclic amines) is 2. The fraction of sp³-hybridized carbons (Fsp3) is 0.714. The van der Waals surface area contributed by atoms with E-state index in [0.717, 1.165) is 51.2 Å². The summed E-state index contributed by atoms with van der Waals surface area (Å²) in [6.45, 7) is 4.90. The lowest BCUT2D eigenvalue weighted by molar-refractivity contribution is -0.192. The topological polar surface area (TPSA) is 92.5 Å². The van der Waals surface area contributed by atoms with E-state index in [1.165, 1.54) is 0 Å². The first kappa shape index (κ1) is 24.5. The molecule has 1 aromatic heterocycles. The van der Waals surface area contributed by atoms with E-state index in [1.807, 2.05) is 12.1 Å². The van der Waals surface area contributed by atoms with Crippen molar-refractivity contribution >= 4 is 11.9 Å². The zero-order valence-corrected chi connectivity index (χ0v) is 17.9. The molecule has 0 bridgehead atoms. The predicted octanol–water partition coefficient (Wildman–Crippen LogP) is 2.39. The lowest BCUT2D eigenvalue weighted by Crippen LogP contribution is -2.55. The first-order chi connectivity index (χ1) is 15.2. The highest BCUT2D eigenvalue weighted by Crippen LogP contribution is 2.35. The molecule has 3 aliphatic heterocycles. The Morgan fingerprint density at radius 2 is 1.91 bits per heavy atom. The number of amides is 1. The van der Waals surface area contributed by atoms with Crippen LogP contribution in [0.3, 0.4) is 0 Å². The number of aliphatic carboxylic acids is 1. The molecule has 3 saturated heterocycles. The number of carbonyl (C=O) groups is 2. The van der Waals surface area contributed by atoms with Crippen LogP contribution in [0.25, 0.3) is 0 Å². The van der Waals surface area contributed by atoms with Crippen LogP contribution in [0.15, 0.2) is 22.8 Å². The zero-order chi connectivity index (χ0) is 23.3. The van der Waals surface area contributed by atoms with Crippen LogP contribution in [0.4, 0.5) is 13.2 Å². The summed E-state index contributed by atoms with van der Waals surface area (Å²) in [7, 11) is 1.80. The van der Waals surface area contributed by atoms with E-state index in [-0.39, 0.29) is 18.1 Å². The monoisotopic (exact) mass is 462 g/mol. The third-order valence-corrected chi connectivity index (χ3v) is 6.30. The number of carbonyl (C=O) groups excluding carboxylic acids is 1. The zero-order valence-electron chi connectivity index (χ0n) is 17.9. The molecule has 0 unspecified atom stereocenters. The number of methoxy groups -OCH3 is 1. The molecule has 11 heteroatoms. The van der Waals surface area contributed by atoms with Crippen molar-refractivity contribution in [2.24, 2.45) is 11.8 Å². The number of fused-ring (bicyclic) bond motifs is 1. The van der Waals surface area contributed by atoms with E-state index >= 15 is 0 Å². The van der Waals surface area contributed by atoms with E-state index in [0.29, 0.717) is 25.0 Å². The van der Waals surface area contributed by atoms with Crippen LogP contribution < -0.4 is 0 Å². The molecule has 1 amide bonds. The van der Waals surface area contributed by atoms with Gasteiger partial charge in [-0.05, 0) is 31.4 Å². The molecule has 3 fully saturated rings. The minimum absolute atomic E-state index is 0.132. The van der Waals surface area contributed by atoms with Crippen molar-refractivity contribution in [2.75, 3.05) is 40.0 Å². The molecular formula is C21H29F3N2O6. The first-order valence-electron chi connectivity index (χ1n) is 10.7. The van der Waals surface area contributed by atoms with Gasteiger partial charge in [0.15, 0.2) is 0 Å². The minimum atomic E-state index is -5.08. The van der Waals surface area contributed by atoms with Gasteiger partial charge >= 0.3 is 12.1 Å². The van der Waals surface area contributed by atoms with Crippen LogP contribution in [0.5, 0.6) is 0 Å². The van der Waals surface area contributed by atoms with Gasteiger partial charge in [0.2, 0.25) is 5.91 Å². The lowest BCUT2D eigenvalue weighted by atomic mass is 9.87. The molecule has 8 nitrogen and oxygen atoms in total. The van der Waals surface area contributed by atoms with Crippen LogP contribution in [0, 0.1) is 11.8 Å². The predicted molar refractivity (Wildman–Crippen MR) is 106 cm³/mol. The largest absolute Gasteiger partial charge is 0.490 e. The fourth-order valence-corrected chi connectivity index (χ4v) is 4.73. The smallest absolute Gasteiger partial charge is 0.475 e. The number of furan rings is 1. The number of alkyl halides is 3. The summed E-state index contributed by atoms with van der Waals surface area (Å²) in [5, 5.41) is 7.12. The number of piperidine rings is 1. The molecule has 0 aromatic carbocycles. The van der Waals surface area contributed by atoms with Gasteiger partial charge in [-0.1, -0.05) is 0 Å². The van der Waals surface area contributed by atoms with Crippen molar-refractivity contribution in [3.8, 4) is 0 Å². The van der Waals surface area contributed by atoms with E-state index in [4.69, 9.17) is 23.8 Å². The summed E-state index contributed by atoms with van der Waals surface area (Å²) >= 11 is 0. The van der Waals surface area contributed by atoms with E-state index < -0.39 is 12.1 Å². The summed E-state index contributed by atoms with van der Waals surface area (Å²) in [5.74, 6) is -0.930. The molecule has 0 aliphatic carbocycles. The number of carboxylic acid groups (broad SMARTS) is 1. The number of rotatable bonds is 4. The Morgan fingerprint density at radius 1 is 1.22 bits per heavy atom. The molecule has 0 saturated carbocycles. The number of hydrogen-bond acceptors (Lipinski definition) is 6. The van der Waals surface area contributed by atoms with Gasteiger partial charge in [-0.2, -0.15) is 13.2 Å². The second-order valence-corrected chi connectivity index (χ2v) is 8.29. The third kappa shape index (κ3) is 6.02. The Balaban J connectivity index is 0.000000360. The molecule has 32 heavy (non-hydrogen) atoms. The molecule has 3 atom stereocenters. The molecular weight excluding hydrogens is 433 g/mol. The van der Waals surface area contributed by atoms with Crippen molar-refractivity contribution in [3.05, 3.63) is 24.2 Å². The minimum Gasteiger partial charge on any atom is -0.475 e. The number of carboxylic acids is 1. The van der Waals surface area contributed by atoms with Crippen molar-refractivity contribution in [3.63, 3.8) is 0 Å². The number of ether oxygens (including phenoxy) is 2. The van der Waals surface area contributed by atoms with Gasteiger partial charge in [-0.3, -0.25) is 9.69 Å². The summed E-state index contributed by atoms with van der Waals surface area (Å²) in [6, 6.07) is 4.20. The molecule has 1 aromatic rings. The number of halogens is 3. The normalized spacial score (nSPS) is 26.9. The maximum atomic E-state index is 13.1. The average molecular weight is 462 g/mol. The molecule has 0 radical (unpaired) electrons. The summed E-state index contributed by atoms with van der Waals surface area (Å²) in [4.78, 5) is 26.6. The van der Waals surface area contributed by atoms with Gasteiger partial charge in [0.05, 0.1) is 25.0 Å². The van der Waals surface area contributed by atoms with Crippen molar-refractivity contribution in [1.29, 1.82) is 0 Å². The number of nitrogens with zero attached hydrogens (tertiary/aromatic N) is 2. The van der Waals surface area contributed by atoms with Gasteiger partial charge in [-0.15, -0.1) is 0 Å². The van der Waals surface area contributed by atoms with Crippen molar-refractivity contribution < 1.29 is 41.8 Å². The van der Waals surface area contributed by atoms with Crippen LogP contribution in [-0.2, 0) is 25.6 Å². The van der Waals surface area contributed by atoms with Crippen LogP contribution in [0.1, 0.15) is 25.0 Å². The second-order valence-electron chi connectivity index (χ2n) is 8.29. The quantitative estimate of drug-likeness (QED) is 0.735. The first-order valence-corrected chi connectivity index (χ1v) is 10.7. The SMILES string of the molecule is CO[C@H]1CCN(C(=O)C2CCOCC2)[C@@H]2CN(Cc3ccco3)C[C@H]12.O=C(O)C(F)(F)F. The lowest BCUT2D eigenvalue weighted by Gasteiger charge is -2.42. The van der Waals surface area contributed by atoms with E-state index in [9.17, 15) is 18.0 Å². The van der Waals surface area contributed by atoms with Gasteiger partial charge in [0, 0.05) is 51.8 Å². The fourth-order valence-electron chi connectivity index (χ4n) is 4.73. The highest BCUT2D eigenvalue weighted by Gasteiger charge is 2.47. The summed E-state index contributed by atoms with van der Waals surface area (Å²) in [5.41, 5.74) is 0. The standard InChI is InChI=1S/C19H28N2O4.C2HF3O2/c1-23-18-4-7-21(19(22)14-5-9-24-10-6-14)17-13-20(12-16(17)18)11-15-3-2-8-25-15;3-2(4,5)1(6)7/h2-3,8,14,16-18H,4-7,9-13H2,1H3;(H,6,7)/t16-,17+,18-;/m0./s1. The second kappa shape index (κ2) is 10.7. The van der Waals surface area contributed by atoms with Crippen molar-refractivity contribution in [1.82, 2.24) is 9.80 Å². The Morgan fingerprint density at radius 3 is 2.47 bits per heavy atom. The Kier molecular flexibility index (Phi) is 8.18. The third-order valence-electron chi connectivity index (χ3n) is 6.30. The van der Waals surface area contributed by atoms with Crippen LogP contribution >= 0.6 is 0 Å². The number of hydrogen-bond donors (Lipinski definition) is 1. The molecule has 1 N–H and O–H groups in total. The van der Waals surface area contributed by atoms with Gasteiger partial charge in [-0.25, -0.2) is 4.79 Å².